The largest absolute Gasteiger partial charge is 0.493 e. The van der Waals surface area contributed by atoms with Crippen LogP contribution in [0.25, 0.3) is 17.0 Å². The molecule has 2 rings (SSSR count). The van der Waals surface area contributed by atoms with Crippen molar-refractivity contribution in [1.82, 2.24) is 4.98 Å². The van der Waals surface area contributed by atoms with E-state index in [1.54, 1.807) is 19.2 Å². The fourth-order valence-corrected chi connectivity index (χ4v) is 2.02. The second-order valence-corrected chi connectivity index (χ2v) is 4.01. The Labute approximate surface area is 115 Å². The number of fused-ring (bicyclic) bond motifs is 1. The molecular weight excluding hydrogens is 262 g/mol. The minimum Gasteiger partial charge on any atom is -0.493 e. The van der Waals surface area contributed by atoms with Gasteiger partial charge >= 0.3 is 5.97 Å². The quantitative estimate of drug-likeness (QED) is 0.819. The summed E-state index contributed by atoms with van der Waals surface area (Å²) in [5.74, 6) is 0.533. The van der Waals surface area contributed by atoms with Crippen LogP contribution in [0.4, 0.5) is 0 Å². The fourth-order valence-electron chi connectivity index (χ4n) is 2.02. The zero-order chi connectivity index (χ0) is 14.7. The summed E-state index contributed by atoms with van der Waals surface area (Å²) in [6.45, 7) is 0. The first-order valence-electron chi connectivity index (χ1n) is 5.83. The third-order valence-electron chi connectivity index (χ3n) is 2.85. The molecule has 1 heterocycles. The van der Waals surface area contributed by atoms with Crippen LogP contribution in [0.1, 0.15) is 5.69 Å². The van der Waals surface area contributed by atoms with Crippen LogP contribution in [-0.4, -0.2) is 37.4 Å². The number of carboxylic acids is 1. The topological polar surface area (TPSA) is 80.8 Å². The van der Waals surface area contributed by atoms with E-state index in [1.807, 2.05) is 0 Å². The maximum absolute atomic E-state index is 10.5. The lowest BCUT2D eigenvalue weighted by Gasteiger charge is -2.12. The van der Waals surface area contributed by atoms with Gasteiger partial charge in [0, 0.05) is 17.2 Å². The molecule has 0 aliphatic heterocycles. The number of benzene rings is 1. The zero-order valence-corrected chi connectivity index (χ0v) is 11.4. The highest BCUT2D eigenvalue weighted by Gasteiger charge is 2.17. The highest BCUT2D eigenvalue weighted by molar-refractivity contribution is 5.93. The van der Waals surface area contributed by atoms with Gasteiger partial charge in [-0.25, -0.2) is 4.79 Å². The van der Waals surface area contributed by atoms with Crippen LogP contribution in [0.2, 0.25) is 0 Å². The number of carboxylic acid groups (broad SMARTS) is 1. The van der Waals surface area contributed by atoms with Crippen LogP contribution in [0.15, 0.2) is 18.2 Å². The van der Waals surface area contributed by atoms with Gasteiger partial charge in [-0.05, 0) is 18.2 Å². The standard InChI is InChI=1S/C14H15NO5/c1-18-10-7-8-6-9(4-5-11(16)17)15-12(8)14(20-3)13(10)19-2/h4-7,15H,1-3H3,(H,16,17)/b5-4+. The first-order valence-corrected chi connectivity index (χ1v) is 5.83. The number of carbonyl (C=O) groups is 1. The number of H-pyrrole nitrogens is 1. The van der Waals surface area contributed by atoms with E-state index in [-0.39, 0.29) is 0 Å². The van der Waals surface area contributed by atoms with Gasteiger partial charge in [-0.2, -0.15) is 0 Å². The molecule has 0 aliphatic rings. The van der Waals surface area contributed by atoms with Crippen LogP contribution in [0.5, 0.6) is 17.2 Å². The monoisotopic (exact) mass is 277 g/mol. The van der Waals surface area contributed by atoms with Crippen molar-refractivity contribution in [1.29, 1.82) is 0 Å². The van der Waals surface area contributed by atoms with Gasteiger partial charge in [0.05, 0.1) is 26.8 Å². The number of hydrogen-bond acceptors (Lipinski definition) is 4. The van der Waals surface area contributed by atoms with Gasteiger partial charge in [-0.1, -0.05) is 0 Å². The smallest absolute Gasteiger partial charge is 0.328 e. The molecule has 0 saturated carbocycles. The number of ether oxygens (including phenoxy) is 3. The number of aromatic amines is 1. The van der Waals surface area contributed by atoms with Crippen LogP contribution in [0.3, 0.4) is 0 Å². The molecule has 2 aromatic rings. The molecule has 1 aromatic heterocycles. The molecule has 2 N–H and O–H groups in total. The van der Waals surface area contributed by atoms with Crippen molar-refractivity contribution in [2.24, 2.45) is 0 Å². The fraction of sp³-hybridized carbons (Fsp3) is 0.214. The van der Waals surface area contributed by atoms with Gasteiger partial charge in [-0.15, -0.1) is 0 Å². The van der Waals surface area contributed by atoms with Crippen LogP contribution >= 0.6 is 0 Å². The maximum atomic E-state index is 10.5. The number of hydrogen-bond donors (Lipinski definition) is 2. The van der Waals surface area contributed by atoms with E-state index in [0.29, 0.717) is 22.9 Å². The highest BCUT2D eigenvalue weighted by atomic mass is 16.5. The van der Waals surface area contributed by atoms with Gasteiger partial charge in [0.15, 0.2) is 11.5 Å². The first kappa shape index (κ1) is 13.8. The Morgan fingerprint density at radius 2 is 1.85 bits per heavy atom. The summed E-state index contributed by atoms with van der Waals surface area (Å²) >= 11 is 0. The summed E-state index contributed by atoms with van der Waals surface area (Å²) in [5.41, 5.74) is 1.37. The van der Waals surface area contributed by atoms with E-state index in [9.17, 15) is 4.79 Å². The predicted octanol–water partition coefficient (Wildman–Crippen LogP) is 2.29. The lowest BCUT2D eigenvalue weighted by Crippen LogP contribution is -1.95. The first-order chi connectivity index (χ1) is 9.60. The molecular formula is C14H15NO5. The minimum atomic E-state index is -1.01. The number of methoxy groups -OCH3 is 3. The Kier molecular flexibility index (Phi) is 3.84. The molecule has 1 aromatic carbocycles. The molecule has 0 spiro atoms. The molecule has 0 saturated heterocycles. The summed E-state index contributed by atoms with van der Waals surface area (Å²) in [4.78, 5) is 13.6. The number of aromatic nitrogens is 1. The molecule has 0 bridgehead atoms. The van der Waals surface area contributed by atoms with Crippen molar-refractivity contribution in [2.45, 2.75) is 0 Å². The Hall–Kier alpha value is -2.63. The summed E-state index contributed by atoms with van der Waals surface area (Å²) in [6.07, 6.45) is 2.53. The Balaban J connectivity index is 2.64. The van der Waals surface area contributed by atoms with Crippen molar-refractivity contribution in [3.8, 4) is 17.2 Å². The van der Waals surface area contributed by atoms with Gasteiger partial charge in [0.25, 0.3) is 0 Å². The molecule has 0 atom stereocenters. The second kappa shape index (κ2) is 5.56. The van der Waals surface area contributed by atoms with E-state index < -0.39 is 5.97 Å². The van der Waals surface area contributed by atoms with Crippen LogP contribution < -0.4 is 14.2 Å². The van der Waals surface area contributed by atoms with Crippen molar-refractivity contribution < 1.29 is 24.1 Å². The normalized spacial score (nSPS) is 10.9. The van der Waals surface area contributed by atoms with Gasteiger partial charge in [-0.3, -0.25) is 0 Å². The van der Waals surface area contributed by atoms with Crippen molar-refractivity contribution in [3.05, 3.63) is 23.9 Å². The average Bonchev–Trinajstić information content (AvgIpc) is 2.85. The van der Waals surface area contributed by atoms with Gasteiger partial charge in [0.2, 0.25) is 5.75 Å². The molecule has 106 valence electrons. The molecule has 0 unspecified atom stereocenters. The highest BCUT2D eigenvalue weighted by Crippen LogP contribution is 2.43. The molecule has 0 fully saturated rings. The Morgan fingerprint density at radius 3 is 2.40 bits per heavy atom. The molecule has 0 amide bonds. The molecule has 20 heavy (non-hydrogen) atoms. The van der Waals surface area contributed by atoms with Gasteiger partial charge in [0.1, 0.15) is 0 Å². The average molecular weight is 277 g/mol. The molecule has 0 aliphatic carbocycles. The summed E-state index contributed by atoms with van der Waals surface area (Å²) in [5, 5.41) is 9.49. The minimum absolute atomic E-state index is 0.484. The summed E-state index contributed by atoms with van der Waals surface area (Å²) < 4.78 is 15.9. The zero-order valence-electron chi connectivity index (χ0n) is 11.4. The molecule has 6 nitrogen and oxygen atoms in total. The van der Waals surface area contributed by atoms with E-state index in [2.05, 4.69) is 4.98 Å². The van der Waals surface area contributed by atoms with Crippen molar-refractivity contribution >= 4 is 22.9 Å². The lowest BCUT2D eigenvalue weighted by atomic mass is 10.2. The third-order valence-corrected chi connectivity index (χ3v) is 2.85. The Bertz CT molecular complexity index is 672. The maximum Gasteiger partial charge on any atom is 0.328 e. The number of rotatable bonds is 5. The van der Waals surface area contributed by atoms with E-state index in [4.69, 9.17) is 19.3 Å². The van der Waals surface area contributed by atoms with Crippen molar-refractivity contribution in [2.75, 3.05) is 21.3 Å². The Morgan fingerprint density at radius 1 is 1.15 bits per heavy atom. The van der Waals surface area contributed by atoms with E-state index >= 15 is 0 Å². The SMILES string of the molecule is COc1cc2cc(/C=C/C(=O)O)[nH]c2c(OC)c1OC. The lowest BCUT2D eigenvalue weighted by molar-refractivity contribution is -0.131. The third kappa shape index (κ3) is 2.40. The second-order valence-electron chi connectivity index (χ2n) is 4.01. The predicted molar refractivity (Wildman–Crippen MR) is 74.6 cm³/mol. The molecule has 0 radical (unpaired) electrons. The van der Waals surface area contributed by atoms with E-state index in [1.165, 1.54) is 20.3 Å². The summed E-state index contributed by atoms with van der Waals surface area (Å²) in [6, 6.07) is 3.60. The molecule has 6 heteroatoms. The number of aliphatic carboxylic acids is 1. The van der Waals surface area contributed by atoms with E-state index in [0.717, 1.165) is 17.0 Å². The van der Waals surface area contributed by atoms with Gasteiger partial charge < -0.3 is 24.3 Å². The van der Waals surface area contributed by atoms with Crippen LogP contribution in [-0.2, 0) is 4.79 Å². The summed E-state index contributed by atoms with van der Waals surface area (Å²) in [7, 11) is 4.60. The number of nitrogens with one attached hydrogen (secondary N) is 1. The van der Waals surface area contributed by atoms with Crippen LogP contribution in [0, 0.1) is 0 Å². The van der Waals surface area contributed by atoms with Crippen molar-refractivity contribution in [3.63, 3.8) is 0 Å².